The summed E-state index contributed by atoms with van der Waals surface area (Å²) in [5.74, 6) is 2.74. The Kier molecular flexibility index (Phi) is 5.61. The Hall–Kier alpha value is -2.20. The molecule has 4 aliphatic carbocycles. The maximum Gasteiger partial charge on any atom is 0.156 e. The summed E-state index contributed by atoms with van der Waals surface area (Å²) in [5, 5.41) is 0. The molecule has 4 aliphatic rings. The zero-order chi connectivity index (χ0) is 22.5. The van der Waals surface area contributed by atoms with Gasteiger partial charge in [0, 0.05) is 30.7 Å². The van der Waals surface area contributed by atoms with Crippen LogP contribution >= 0.6 is 0 Å². The molecule has 0 saturated heterocycles. The lowest BCUT2D eigenvalue weighted by Gasteiger charge is -2.47. The van der Waals surface area contributed by atoms with Crippen LogP contribution < -0.4 is 4.74 Å². The van der Waals surface area contributed by atoms with E-state index in [0.717, 1.165) is 50.8 Å². The van der Waals surface area contributed by atoms with Crippen LogP contribution in [0.15, 0.2) is 47.1 Å². The highest BCUT2D eigenvalue weighted by Gasteiger charge is 2.53. The number of likely N-dealkylation sites (N-methyl/N-ethyl adjacent to an activating group) is 1. The Morgan fingerprint density at radius 1 is 1.06 bits per heavy atom. The first kappa shape index (κ1) is 21.6. The fourth-order valence-electron chi connectivity index (χ4n) is 6.83. The van der Waals surface area contributed by atoms with Gasteiger partial charge in [0.25, 0.3) is 0 Å². The maximum absolute atomic E-state index is 12.7. The molecule has 0 radical (unpaired) electrons. The van der Waals surface area contributed by atoms with E-state index >= 15 is 0 Å². The predicted molar refractivity (Wildman–Crippen MR) is 126 cm³/mol. The molecule has 2 saturated carbocycles. The number of rotatable bonds is 5. The number of allylic oxidation sites excluding steroid dienone is 4. The van der Waals surface area contributed by atoms with E-state index in [1.54, 1.807) is 5.57 Å². The van der Waals surface area contributed by atoms with Crippen LogP contribution in [0.1, 0.15) is 63.4 Å². The predicted octanol–water partition coefficient (Wildman–Crippen LogP) is 5.10. The van der Waals surface area contributed by atoms with Gasteiger partial charge in [-0.2, -0.15) is 0 Å². The van der Waals surface area contributed by atoms with E-state index in [4.69, 9.17) is 4.74 Å². The number of Topliss-reactive ketones (excluding diaryl/α,β-unsaturated/α-hetero) is 1. The summed E-state index contributed by atoms with van der Waals surface area (Å²) in [7, 11) is 4.08. The van der Waals surface area contributed by atoms with Gasteiger partial charge in [0.1, 0.15) is 18.1 Å². The van der Waals surface area contributed by atoms with E-state index in [2.05, 4.69) is 24.0 Å². The van der Waals surface area contributed by atoms with Crippen molar-refractivity contribution >= 4 is 11.6 Å². The van der Waals surface area contributed by atoms with Crippen molar-refractivity contribution in [3.63, 3.8) is 0 Å². The van der Waals surface area contributed by atoms with E-state index in [1.807, 2.05) is 32.3 Å². The zero-order valence-corrected chi connectivity index (χ0v) is 19.7. The quantitative estimate of drug-likeness (QED) is 0.648. The third kappa shape index (κ3) is 3.67. The van der Waals surface area contributed by atoms with Crippen LogP contribution in [0.4, 0.5) is 0 Å². The number of ketones is 2. The largest absolute Gasteiger partial charge is 0.492 e. The average Bonchev–Trinajstić information content (AvgIpc) is 3.08. The van der Waals surface area contributed by atoms with Gasteiger partial charge in [-0.3, -0.25) is 9.59 Å². The van der Waals surface area contributed by atoms with E-state index < -0.39 is 0 Å². The molecule has 4 unspecified atom stereocenters. The van der Waals surface area contributed by atoms with Crippen molar-refractivity contribution in [2.75, 3.05) is 27.2 Å². The molecule has 0 amide bonds. The second kappa shape index (κ2) is 8.30. The second-order valence-corrected chi connectivity index (χ2v) is 10.7. The summed E-state index contributed by atoms with van der Waals surface area (Å²) in [6, 6.07) is 8.39. The van der Waals surface area contributed by atoms with Crippen LogP contribution in [0.5, 0.6) is 5.75 Å². The number of nitrogens with zero attached hydrogens (tertiary/aromatic N) is 1. The highest BCUT2D eigenvalue weighted by atomic mass is 16.5. The SMILES string of the molecule is CN(C)CCOc1ccc(C2CC(=O)C=C3CCC4C(=C32)CCC2(C)C(=O)CCC42)cc1. The molecule has 2 fully saturated rings. The van der Waals surface area contributed by atoms with Gasteiger partial charge in [0.05, 0.1) is 0 Å². The van der Waals surface area contributed by atoms with Gasteiger partial charge in [-0.1, -0.05) is 24.6 Å². The molecule has 1 aromatic carbocycles. The minimum atomic E-state index is -0.124. The van der Waals surface area contributed by atoms with Crippen LogP contribution in [0, 0.1) is 17.3 Å². The van der Waals surface area contributed by atoms with Crippen molar-refractivity contribution in [2.24, 2.45) is 17.3 Å². The Bertz CT molecular complexity index is 986. The van der Waals surface area contributed by atoms with E-state index in [0.29, 0.717) is 30.6 Å². The lowest BCUT2D eigenvalue weighted by atomic mass is 9.56. The Morgan fingerprint density at radius 2 is 1.84 bits per heavy atom. The smallest absolute Gasteiger partial charge is 0.156 e. The Labute approximate surface area is 191 Å². The molecule has 32 heavy (non-hydrogen) atoms. The number of hydrogen-bond acceptors (Lipinski definition) is 4. The molecule has 4 nitrogen and oxygen atoms in total. The van der Waals surface area contributed by atoms with Gasteiger partial charge in [-0.25, -0.2) is 0 Å². The normalized spacial score (nSPS) is 31.9. The lowest BCUT2D eigenvalue weighted by Crippen LogP contribution is -2.40. The molecule has 4 heteroatoms. The number of fused-ring (bicyclic) bond motifs is 4. The molecule has 0 bridgehead atoms. The monoisotopic (exact) mass is 433 g/mol. The first-order chi connectivity index (χ1) is 15.4. The first-order valence-corrected chi connectivity index (χ1v) is 12.2. The summed E-state index contributed by atoms with van der Waals surface area (Å²) in [4.78, 5) is 27.4. The highest BCUT2D eigenvalue weighted by molar-refractivity contribution is 5.94. The third-order valence-corrected chi connectivity index (χ3v) is 8.58. The van der Waals surface area contributed by atoms with Crippen molar-refractivity contribution in [1.82, 2.24) is 4.90 Å². The first-order valence-electron chi connectivity index (χ1n) is 12.2. The summed E-state index contributed by atoms with van der Waals surface area (Å²) >= 11 is 0. The Balaban J connectivity index is 1.45. The molecule has 0 N–H and O–H groups in total. The number of benzene rings is 1. The summed E-state index contributed by atoms with van der Waals surface area (Å²) in [5.41, 5.74) is 5.34. The minimum Gasteiger partial charge on any atom is -0.492 e. The third-order valence-electron chi connectivity index (χ3n) is 8.58. The number of carbonyl (C=O) groups excluding carboxylic acids is 2. The average molecular weight is 434 g/mol. The molecule has 170 valence electrons. The van der Waals surface area contributed by atoms with Gasteiger partial charge in [-0.05, 0) is 93.0 Å². The molecular formula is C28H35NO3. The van der Waals surface area contributed by atoms with Crippen molar-refractivity contribution in [1.29, 1.82) is 0 Å². The molecule has 4 atom stereocenters. The van der Waals surface area contributed by atoms with Crippen molar-refractivity contribution in [3.8, 4) is 5.75 Å². The zero-order valence-electron chi connectivity index (χ0n) is 19.7. The standard InChI is InChI=1S/C28H35NO3/c1-28-13-12-23-22(25(28)10-11-26(28)31)9-6-19-16-20(30)17-24(27(19)23)18-4-7-21(8-5-18)32-15-14-29(2)3/h4-5,7-8,16,22,24-25H,6,9-15,17H2,1-3H3. The lowest BCUT2D eigenvalue weighted by molar-refractivity contribution is -0.128. The van der Waals surface area contributed by atoms with Crippen LogP contribution in [0.3, 0.4) is 0 Å². The molecule has 1 aromatic rings. The van der Waals surface area contributed by atoms with E-state index in [-0.39, 0.29) is 17.1 Å². The molecule has 0 aliphatic heterocycles. The van der Waals surface area contributed by atoms with Crippen LogP contribution in [-0.2, 0) is 9.59 Å². The van der Waals surface area contributed by atoms with Gasteiger partial charge in [0.2, 0.25) is 0 Å². The van der Waals surface area contributed by atoms with Crippen molar-refractivity contribution < 1.29 is 14.3 Å². The van der Waals surface area contributed by atoms with E-state index in [9.17, 15) is 9.59 Å². The number of hydrogen-bond donors (Lipinski definition) is 0. The van der Waals surface area contributed by atoms with Gasteiger partial charge >= 0.3 is 0 Å². The molecular weight excluding hydrogens is 398 g/mol. The number of carbonyl (C=O) groups is 2. The van der Waals surface area contributed by atoms with Gasteiger partial charge in [-0.15, -0.1) is 0 Å². The second-order valence-electron chi connectivity index (χ2n) is 10.7. The number of ether oxygens (including phenoxy) is 1. The molecule has 0 spiro atoms. The fourth-order valence-corrected chi connectivity index (χ4v) is 6.83. The Morgan fingerprint density at radius 3 is 2.59 bits per heavy atom. The summed E-state index contributed by atoms with van der Waals surface area (Å²) in [6.45, 7) is 3.76. The topological polar surface area (TPSA) is 46.6 Å². The van der Waals surface area contributed by atoms with Crippen LogP contribution in [0.2, 0.25) is 0 Å². The van der Waals surface area contributed by atoms with Gasteiger partial charge < -0.3 is 9.64 Å². The van der Waals surface area contributed by atoms with Crippen LogP contribution in [0.25, 0.3) is 0 Å². The fraction of sp³-hybridized carbons (Fsp3) is 0.571. The maximum atomic E-state index is 12.7. The highest BCUT2D eigenvalue weighted by Crippen LogP contribution is 2.59. The van der Waals surface area contributed by atoms with E-state index in [1.165, 1.54) is 16.7 Å². The van der Waals surface area contributed by atoms with Gasteiger partial charge in [0.15, 0.2) is 5.78 Å². The molecule has 0 aromatic heterocycles. The summed E-state index contributed by atoms with van der Waals surface area (Å²) in [6.07, 6.45) is 8.30. The summed E-state index contributed by atoms with van der Waals surface area (Å²) < 4.78 is 5.88. The minimum absolute atomic E-state index is 0.124. The molecule has 0 heterocycles. The van der Waals surface area contributed by atoms with Crippen molar-refractivity contribution in [3.05, 3.63) is 52.6 Å². The molecule has 5 rings (SSSR count). The van der Waals surface area contributed by atoms with Crippen LogP contribution in [-0.4, -0.2) is 43.7 Å². The van der Waals surface area contributed by atoms with Crippen molar-refractivity contribution in [2.45, 2.75) is 57.8 Å².